The lowest BCUT2D eigenvalue weighted by Gasteiger charge is -2.34. The van der Waals surface area contributed by atoms with Gasteiger partial charge in [-0.25, -0.2) is 4.98 Å². The molecule has 2 aromatic carbocycles. The molecule has 0 fully saturated rings. The van der Waals surface area contributed by atoms with Crippen molar-refractivity contribution in [3.8, 4) is 28.1 Å². The van der Waals surface area contributed by atoms with Gasteiger partial charge in [-0.1, -0.05) is 68.2 Å². The zero-order valence-corrected chi connectivity index (χ0v) is 26.5. The molecule has 3 rings (SSSR count). The number of carbonyl (C=O) groups is 2. The first-order valence-electron chi connectivity index (χ1n) is 13.2. The molecule has 0 radical (unpaired) electrons. The Morgan fingerprint density at radius 3 is 2.32 bits per heavy atom. The molecule has 41 heavy (non-hydrogen) atoms. The third kappa shape index (κ3) is 9.07. The molecule has 1 heterocycles. The van der Waals surface area contributed by atoms with E-state index in [1.165, 1.54) is 0 Å². The maximum atomic E-state index is 13.4. The fraction of sp³-hybridized carbons (Fsp3) is 0.387. The van der Waals surface area contributed by atoms with Gasteiger partial charge in [-0.3, -0.25) is 9.59 Å². The lowest BCUT2D eigenvalue weighted by Crippen LogP contribution is -2.50. The van der Waals surface area contributed by atoms with Crippen LogP contribution in [0.1, 0.15) is 44.6 Å². The maximum absolute atomic E-state index is 13.4. The molecule has 3 aromatic rings. The van der Waals surface area contributed by atoms with Crippen LogP contribution in [0.5, 0.6) is 5.75 Å². The van der Waals surface area contributed by atoms with E-state index < -0.39 is 29.3 Å². The van der Waals surface area contributed by atoms with Gasteiger partial charge in [0.25, 0.3) is 5.91 Å². The van der Waals surface area contributed by atoms with Crippen molar-refractivity contribution < 1.29 is 19.4 Å². The Hall–Kier alpha value is -2.84. The topological polar surface area (TPSA) is 91.8 Å². The van der Waals surface area contributed by atoms with Crippen molar-refractivity contribution in [1.82, 2.24) is 15.2 Å². The van der Waals surface area contributed by atoms with Crippen molar-refractivity contribution in [2.24, 2.45) is 11.3 Å². The van der Waals surface area contributed by atoms with Gasteiger partial charge < -0.3 is 20.1 Å². The predicted molar refractivity (Wildman–Crippen MR) is 169 cm³/mol. The van der Waals surface area contributed by atoms with Crippen LogP contribution in [-0.4, -0.2) is 60.2 Å². The number of benzene rings is 2. The minimum atomic E-state index is -0.984. The molecule has 222 valence electrons. The van der Waals surface area contributed by atoms with Crippen LogP contribution >= 0.6 is 35.6 Å². The number of hydrogen-bond acceptors (Lipinski definition) is 5. The van der Waals surface area contributed by atoms with Crippen molar-refractivity contribution in [3.05, 3.63) is 70.3 Å². The second-order valence-corrected chi connectivity index (χ2v) is 12.0. The van der Waals surface area contributed by atoms with E-state index in [0.717, 1.165) is 24.1 Å². The van der Waals surface area contributed by atoms with Crippen LogP contribution in [0.4, 0.5) is 0 Å². The number of aromatic nitrogens is 1. The fourth-order valence-corrected chi connectivity index (χ4v) is 4.89. The number of pyridine rings is 1. The number of carbonyl (C=O) groups excluding carboxylic acids is 1. The van der Waals surface area contributed by atoms with Gasteiger partial charge in [0.2, 0.25) is 0 Å². The standard InChI is InChI=1S/C31H37Cl2N3O4.ClH/c1-19(30(38)39)28(31(2,3)4)35-29(37)25-15-13-22(21-10-7-8-11-23(21)32)27(34-25)20-12-14-24(33)26(18-20)40-17-9-16-36(5)6;/h7-8,10-15,18-19,28H,9,16-17H2,1-6H3,(H,35,37)(H,38,39);1H/t19?,28-;/m0./s1. The first-order chi connectivity index (χ1) is 18.8. The van der Waals surface area contributed by atoms with Crippen molar-refractivity contribution in [2.75, 3.05) is 27.2 Å². The van der Waals surface area contributed by atoms with E-state index in [-0.39, 0.29) is 18.1 Å². The number of nitrogens with one attached hydrogen (secondary N) is 1. The molecular weight excluding hydrogens is 585 g/mol. The van der Waals surface area contributed by atoms with Crippen LogP contribution in [0.25, 0.3) is 22.4 Å². The van der Waals surface area contributed by atoms with Crippen LogP contribution < -0.4 is 10.1 Å². The van der Waals surface area contributed by atoms with Crippen LogP contribution in [0.3, 0.4) is 0 Å². The van der Waals surface area contributed by atoms with Crippen LogP contribution in [0, 0.1) is 11.3 Å². The van der Waals surface area contributed by atoms with Gasteiger partial charge in [-0.05, 0) is 63.2 Å². The highest BCUT2D eigenvalue weighted by Crippen LogP contribution is 2.38. The Labute approximate surface area is 258 Å². The molecule has 0 aliphatic heterocycles. The van der Waals surface area contributed by atoms with Crippen LogP contribution in [0.15, 0.2) is 54.6 Å². The summed E-state index contributed by atoms with van der Waals surface area (Å²) in [4.78, 5) is 32.0. The summed E-state index contributed by atoms with van der Waals surface area (Å²) in [7, 11) is 4.01. The summed E-state index contributed by atoms with van der Waals surface area (Å²) in [6.45, 7) is 8.64. The third-order valence-corrected chi connectivity index (χ3v) is 7.25. The molecule has 0 spiro atoms. The zero-order valence-electron chi connectivity index (χ0n) is 24.2. The van der Waals surface area contributed by atoms with Crippen molar-refractivity contribution in [1.29, 1.82) is 0 Å². The number of amides is 1. The molecule has 0 bridgehead atoms. The first-order valence-corrected chi connectivity index (χ1v) is 13.9. The number of halogens is 3. The second kappa shape index (κ2) is 14.9. The summed E-state index contributed by atoms with van der Waals surface area (Å²) < 4.78 is 5.99. The molecule has 2 N–H and O–H groups in total. The summed E-state index contributed by atoms with van der Waals surface area (Å²) in [6, 6.07) is 15.6. The van der Waals surface area contributed by atoms with E-state index in [4.69, 9.17) is 32.9 Å². The highest BCUT2D eigenvalue weighted by Gasteiger charge is 2.35. The average molecular weight is 623 g/mol. The number of carboxylic acids is 1. The first kappa shape index (κ1) is 34.4. The van der Waals surface area contributed by atoms with Gasteiger partial charge in [0, 0.05) is 34.3 Å². The van der Waals surface area contributed by atoms with E-state index >= 15 is 0 Å². The van der Waals surface area contributed by atoms with E-state index in [1.807, 2.05) is 65.2 Å². The normalized spacial score (nSPS) is 12.8. The van der Waals surface area contributed by atoms with E-state index in [2.05, 4.69) is 10.2 Å². The number of aliphatic carboxylic acids is 1. The molecule has 2 atom stereocenters. The highest BCUT2D eigenvalue weighted by molar-refractivity contribution is 6.33. The molecule has 0 saturated heterocycles. The second-order valence-electron chi connectivity index (χ2n) is 11.2. The Balaban J connectivity index is 0.00000588. The Bertz CT molecular complexity index is 1360. The van der Waals surface area contributed by atoms with Crippen molar-refractivity contribution in [2.45, 2.75) is 40.2 Å². The summed E-state index contributed by atoms with van der Waals surface area (Å²) in [5, 5.41) is 13.5. The number of hydrogen-bond donors (Lipinski definition) is 2. The SMILES string of the molecule is CC(C(=O)O)[C@H](NC(=O)c1ccc(-c2ccccc2Cl)c(-c2ccc(Cl)c(OCCCN(C)C)c2)n1)C(C)(C)C.Cl. The Morgan fingerprint density at radius 1 is 1.02 bits per heavy atom. The molecular formula is C31H38Cl3N3O4. The molecule has 7 nitrogen and oxygen atoms in total. The van der Waals surface area contributed by atoms with E-state index in [9.17, 15) is 14.7 Å². The maximum Gasteiger partial charge on any atom is 0.308 e. The van der Waals surface area contributed by atoms with Gasteiger partial charge in [-0.2, -0.15) is 0 Å². The minimum absolute atomic E-state index is 0. The third-order valence-electron chi connectivity index (χ3n) is 6.61. The average Bonchev–Trinajstić information content (AvgIpc) is 2.89. The van der Waals surface area contributed by atoms with Gasteiger partial charge in [0.15, 0.2) is 0 Å². The summed E-state index contributed by atoms with van der Waals surface area (Å²) in [5.41, 5.74) is 2.37. The quantitative estimate of drug-likeness (QED) is 0.218. The molecule has 0 aliphatic carbocycles. The predicted octanol–water partition coefficient (Wildman–Crippen LogP) is 7.34. The number of ether oxygens (including phenoxy) is 1. The van der Waals surface area contributed by atoms with Gasteiger partial charge in [0.1, 0.15) is 11.4 Å². The number of rotatable bonds is 11. The van der Waals surface area contributed by atoms with Gasteiger partial charge in [0.05, 0.1) is 23.2 Å². The molecule has 10 heteroatoms. The molecule has 0 saturated carbocycles. The monoisotopic (exact) mass is 621 g/mol. The Morgan fingerprint density at radius 2 is 1.71 bits per heavy atom. The summed E-state index contributed by atoms with van der Waals surface area (Å²) in [6.07, 6.45) is 0.829. The zero-order chi connectivity index (χ0) is 29.6. The Kier molecular flexibility index (Phi) is 12.5. The van der Waals surface area contributed by atoms with Crippen LogP contribution in [0.2, 0.25) is 10.0 Å². The molecule has 1 unspecified atom stereocenters. The van der Waals surface area contributed by atoms with E-state index in [0.29, 0.717) is 33.7 Å². The minimum Gasteiger partial charge on any atom is -0.492 e. The van der Waals surface area contributed by atoms with Crippen molar-refractivity contribution >= 4 is 47.5 Å². The lowest BCUT2D eigenvalue weighted by molar-refractivity contribution is -0.143. The lowest BCUT2D eigenvalue weighted by atomic mass is 9.79. The summed E-state index contributed by atoms with van der Waals surface area (Å²) >= 11 is 13.0. The van der Waals surface area contributed by atoms with Crippen molar-refractivity contribution in [3.63, 3.8) is 0 Å². The van der Waals surface area contributed by atoms with Gasteiger partial charge >= 0.3 is 5.97 Å². The number of carboxylic acid groups (broad SMARTS) is 1. The van der Waals surface area contributed by atoms with Crippen LogP contribution in [-0.2, 0) is 4.79 Å². The van der Waals surface area contributed by atoms with Gasteiger partial charge in [-0.15, -0.1) is 12.4 Å². The van der Waals surface area contributed by atoms with E-state index in [1.54, 1.807) is 31.2 Å². The smallest absolute Gasteiger partial charge is 0.308 e. The molecule has 1 aromatic heterocycles. The number of nitrogens with zero attached hydrogens (tertiary/aromatic N) is 2. The largest absolute Gasteiger partial charge is 0.492 e. The molecule has 0 aliphatic rings. The summed E-state index contributed by atoms with van der Waals surface area (Å²) in [5.74, 6) is -1.73. The highest BCUT2D eigenvalue weighted by atomic mass is 35.5. The fourth-order valence-electron chi connectivity index (χ4n) is 4.48. The molecule has 1 amide bonds.